The van der Waals surface area contributed by atoms with E-state index < -0.39 is 0 Å². The van der Waals surface area contributed by atoms with Crippen LogP contribution in [0.15, 0.2) is 39.4 Å². The van der Waals surface area contributed by atoms with Crippen LogP contribution in [0.2, 0.25) is 0 Å². The van der Waals surface area contributed by atoms with Crippen LogP contribution >= 0.6 is 27.7 Å². The highest BCUT2D eigenvalue weighted by Crippen LogP contribution is 2.40. The molecule has 2 aliphatic rings. The molecular weight excluding hydrogens is 394 g/mol. The van der Waals surface area contributed by atoms with E-state index in [0.717, 1.165) is 30.2 Å². The van der Waals surface area contributed by atoms with Crippen LogP contribution in [-0.2, 0) is 0 Å². The number of rotatable bonds is 2. The van der Waals surface area contributed by atoms with Gasteiger partial charge in [-0.1, -0.05) is 6.07 Å². The van der Waals surface area contributed by atoms with E-state index in [1.165, 1.54) is 5.56 Å². The molecule has 0 radical (unpaired) electrons. The van der Waals surface area contributed by atoms with Crippen LogP contribution in [-0.4, -0.2) is 36.4 Å². The minimum absolute atomic E-state index is 0.0485. The molecule has 24 heavy (non-hydrogen) atoms. The summed E-state index contributed by atoms with van der Waals surface area (Å²) >= 11 is 5.11. The van der Waals surface area contributed by atoms with Gasteiger partial charge in [0.05, 0.1) is 0 Å². The zero-order valence-corrected chi connectivity index (χ0v) is 15.3. The number of furan rings is 1. The minimum Gasteiger partial charge on any atom is -0.454 e. The Kier molecular flexibility index (Phi) is 4.45. The number of thioether (sulfide) groups is 1. The first kappa shape index (κ1) is 15.9. The number of carbonyl (C=O) groups excluding carboxylic acids is 1. The Bertz CT molecular complexity index is 763. The topological polar surface area (TPSA) is 51.9 Å². The van der Waals surface area contributed by atoms with Crippen molar-refractivity contribution < 1.29 is 18.7 Å². The van der Waals surface area contributed by atoms with Gasteiger partial charge in [0, 0.05) is 24.1 Å². The van der Waals surface area contributed by atoms with Crippen molar-refractivity contribution in [3.63, 3.8) is 0 Å². The van der Waals surface area contributed by atoms with Crippen molar-refractivity contribution in [3.8, 4) is 11.5 Å². The maximum absolute atomic E-state index is 12.5. The summed E-state index contributed by atoms with van der Waals surface area (Å²) in [6.45, 7) is 1.73. The number of carbonyl (C=O) groups is 1. The minimum atomic E-state index is -0.0485. The van der Waals surface area contributed by atoms with Gasteiger partial charge in [-0.3, -0.25) is 4.79 Å². The van der Waals surface area contributed by atoms with Crippen LogP contribution in [0.4, 0.5) is 0 Å². The zero-order chi connectivity index (χ0) is 16.5. The first-order valence-electron chi connectivity index (χ1n) is 7.76. The highest BCUT2D eigenvalue weighted by molar-refractivity contribution is 9.10. The molecule has 0 unspecified atom stereocenters. The summed E-state index contributed by atoms with van der Waals surface area (Å²) in [4.78, 5) is 14.4. The molecule has 3 heterocycles. The lowest BCUT2D eigenvalue weighted by Crippen LogP contribution is -2.32. The van der Waals surface area contributed by atoms with Gasteiger partial charge in [0.15, 0.2) is 21.9 Å². The third kappa shape index (κ3) is 3.15. The lowest BCUT2D eigenvalue weighted by molar-refractivity contribution is 0.0733. The van der Waals surface area contributed by atoms with E-state index in [1.54, 1.807) is 12.1 Å². The Hall–Kier alpha value is -1.60. The average molecular weight is 410 g/mol. The Labute approximate surface area is 152 Å². The van der Waals surface area contributed by atoms with Gasteiger partial charge in [-0.2, -0.15) is 11.8 Å². The third-order valence-corrected chi connectivity index (χ3v) is 5.94. The fourth-order valence-electron chi connectivity index (χ4n) is 2.94. The van der Waals surface area contributed by atoms with Crippen LogP contribution in [0.25, 0.3) is 0 Å². The number of halogens is 1. The van der Waals surface area contributed by atoms with Crippen LogP contribution in [0.1, 0.15) is 27.8 Å². The van der Waals surface area contributed by atoms with Crippen LogP contribution in [0.5, 0.6) is 11.5 Å². The largest absolute Gasteiger partial charge is 0.454 e. The maximum atomic E-state index is 12.5. The molecule has 126 valence electrons. The fraction of sp³-hybridized carbons (Fsp3) is 0.353. The van der Waals surface area contributed by atoms with Gasteiger partial charge in [0.2, 0.25) is 6.79 Å². The second kappa shape index (κ2) is 6.72. The van der Waals surface area contributed by atoms with Crippen LogP contribution < -0.4 is 9.47 Å². The van der Waals surface area contributed by atoms with E-state index in [9.17, 15) is 4.79 Å². The van der Waals surface area contributed by atoms with E-state index in [-0.39, 0.29) is 12.7 Å². The van der Waals surface area contributed by atoms with Crippen molar-refractivity contribution >= 4 is 33.6 Å². The molecule has 0 bridgehead atoms. The standard InChI is InChI=1S/C17H16BrNO4S/c18-16-4-3-13(23-16)17(20)19-6-5-15(24-8-7-19)11-1-2-12-14(9-11)22-10-21-12/h1-4,9,15H,5-8,10H2/t15-/m0/s1. The summed E-state index contributed by atoms with van der Waals surface area (Å²) in [5.41, 5.74) is 1.22. The lowest BCUT2D eigenvalue weighted by atomic mass is 10.1. The van der Waals surface area contributed by atoms with Crippen molar-refractivity contribution in [2.75, 3.05) is 25.6 Å². The number of hydrogen-bond donors (Lipinski definition) is 0. The van der Waals surface area contributed by atoms with Crippen molar-refractivity contribution in [1.29, 1.82) is 0 Å². The molecule has 0 saturated carbocycles. The molecule has 1 aromatic heterocycles. The second-order valence-electron chi connectivity index (χ2n) is 5.66. The number of fused-ring (bicyclic) bond motifs is 1. The second-order valence-corrected chi connectivity index (χ2v) is 7.75. The fourth-order valence-corrected chi connectivity index (χ4v) is 4.47. The van der Waals surface area contributed by atoms with Crippen molar-refractivity contribution in [2.24, 2.45) is 0 Å². The summed E-state index contributed by atoms with van der Waals surface area (Å²) in [5.74, 6) is 2.84. The third-order valence-electron chi connectivity index (χ3n) is 4.18. The predicted octanol–water partition coefficient (Wildman–Crippen LogP) is 4.09. The number of amides is 1. The van der Waals surface area contributed by atoms with E-state index in [1.807, 2.05) is 22.7 Å². The average Bonchev–Trinajstić information content (AvgIpc) is 3.16. The first-order valence-corrected chi connectivity index (χ1v) is 9.60. The SMILES string of the molecule is O=C(c1ccc(Br)o1)N1CCS[C@H](c2ccc3c(c2)OCO3)CC1. The van der Waals surface area contributed by atoms with Gasteiger partial charge in [-0.25, -0.2) is 0 Å². The molecule has 4 rings (SSSR count). The molecule has 1 saturated heterocycles. The summed E-state index contributed by atoms with van der Waals surface area (Å²) in [7, 11) is 0. The molecular formula is C17H16BrNO4S. The molecule has 1 aromatic carbocycles. The highest BCUT2D eigenvalue weighted by Gasteiger charge is 2.25. The number of nitrogens with zero attached hydrogens (tertiary/aromatic N) is 1. The Morgan fingerprint density at radius 3 is 2.88 bits per heavy atom. The Morgan fingerprint density at radius 2 is 2.04 bits per heavy atom. The van der Waals surface area contributed by atoms with Gasteiger partial charge < -0.3 is 18.8 Å². The molecule has 1 amide bonds. The molecule has 0 N–H and O–H groups in total. The van der Waals surface area contributed by atoms with Crippen molar-refractivity contribution in [3.05, 3.63) is 46.3 Å². The van der Waals surface area contributed by atoms with Crippen LogP contribution in [0.3, 0.4) is 0 Å². The summed E-state index contributed by atoms with van der Waals surface area (Å²) in [6, 6.07) is 9.56. The quantitative estimate of drug-likeness (QED) is 0.747. The monoisotopic (exact) mass is 409 g/mol. The molecule has 7 heteroatoms. The van der Waals surface area contributed by atoms with Crippen molar-refractivity contribution in [2.45, 2.75) is 11.7 Å². The zero-order valence-electron chi connectivity index (χ0n) is 12.9. The Morgan fingerprint density at radius 1 is 1.17 bits per heavy atom. The van der Waals surface area contributed by atoms with E-state index in [0.29, 0.717) is 22.2 Å². The molecule has 2 aliphatic heterocycles. The summed E-state index contributed by atoms with van der Waals surface area (Å²) in [6.07, 6.45) is 0.901. The van der Waals surface area contributed by atoms with Gasteiger partial charge >= 0.3 is 0 Å². The molecule has 0 aliphatic carbocycles. The molecule has 1 fully saturated rings. The van der Waals surface area contributed by atoms with Gasteiger partial charge in [0.1, 0.15) is 0 Å². The number of hydrogen-bond acceptors (Lipinski definition) is 5. The summed E-state index contributed by atoms with van der Waals surface area (Å²) in [5, 5.41) is 0.348. The maximum Gasteiger partial charge on any atom is 0.289 e. The molecule has 5 nitrogen and oxygen atoms in total. The number of ether oxygens (including phenoxy) is 2. The van der Waals surface area contributed by atoms with Crippen LogP contribution in [0, 0.1) is 0 Å². The smallest absolute Gasteiger partial charge is 0.289 e. The lowest BCUT2D eigenvalue weighted by Gasteiger charge is -2.19. The van der Waals surface area contributed by atoms with Gasteiger partial charge in [-0.15, -0.1) is 0 Å². The Balaban J connectivity index is 1.45. The predicted molar refractivity (Wildman–Crippen MR) is 94.7 cm³/mol. The van der Waals surface area contributed by atoms with Crippen molar-refractivity contribution in [1.82, 2.24) is 4.90 Å². The molecule has 0 spiro atoms. The van der Waals surface area contributed by atoms with E-state index in [2.05, 4.69) is 28.1 Å². The normalized spacial score (nSPS) is 20.0. The molecule has 1 atom stereocenters. The number of benzene rings is 1. The highest BCUT2D eigenvalue weighted by atomic mass is 79.9. The van der Waals surface area contributed by atoms with Gasteiger partial charge in [0.25, 0.3) is 5.91 Å². The summed E-state index contributed by atoms with van der Waals surface area (Å²) < 4.78 is 16.8. The van der Waals surface area contributed by atoms with Gasteiger partial charge in [-0.05, 0) is 52.2 Å². The van der Waals surface area contributed by atoms with E-state index in [4.69, 9.17) is 13.9 Å². The molecule has 2 aromatic rings. The first-order chi connectivity index (χ1) is 11.7. The van der Waals surface area contributed by atoms with E-state index >= 15 is 0 Å².